The minimum atomic E-state index is 0.396. The molecule has 0 amide bonds. The zero-order valence-electron chi connectivity index (χ0n) is 12.3. The van der Waals surface area contributed by atoms with Gasteiger partial charge in [-0.25, -0.2) is 0 Å². The highest BCUT2D eigenvalue weighted by Gasteiger charge is 2.21. The molecule has 0 spiro atoms. The molecule has 0 saturated carbocycles. The van der Waals surface area contributed by atoms with E-state index in [0.29, 0.717) is 6.54 Å². The third kappa shape index (κ3) is 4.26. The number of hydrogen-bond donors (Lipinski definition) is 1. The Labute approximate surface area is 122 Å². The smallest absolute Gasteiger partial charge is 0.119 e. The average molecular weight is 272 g/mol. The number of nitrogens with zero attached hydrogens (tertiary/aromatic N) is 1. The first-order chi connectivity index (χ1) is 9.83. The lowest BCUT2D eigenvalue weighted by atomic mass is 10.2. The summed E-state index contributed by atoms with van der Waals surface area (Å²) in [6.45, 7) is 5.66. The molecule has 1 aliphatic heterocycles. The number of hydrogen-bond acceptors (Lipinski definition) is 3. The Morgan fingerprint density at radius 1 is 1.35 bits per heavy atom. The van der Waals surface area contributed by atoms with Gasteiger partial charge in [0.05, 0.1) is 6.54 Å². The second-order valence-corrected chi connectivity index (χ2v) is 5.12. The molecule has 1 aromatic carbocycles. The van der Waals surface area contributed by atoms with E-state index >= 15 is 0 Å². The maximum atomic E-state index is 5.81. The van der Waals surface area contributed by atoms with Crippen LogP contribution < -0.4 is 10.5 Å². The van der Waals surface area contributed by atoms with Crippen molar-refractivity contribution in [3.8, 4) is 17.6 Å². The van der Waals surface area contributed by atoms with Crippen molar-refractivity contribution in [3.63, 3.8) is 0 Å². The van der Waals surface area contributed by atoms with Gasteiger partial charge < -0.3 is 10.5 Å². The predicted octanol–water partition coefficient (Wildman–Crippen LogP) is 2.25. The fourth-order valence-corrected chi connectivity index (χ4v) is 2.72. The second kappa shape index (κ2) is 7.94. The molecule has 0 aliphatic carbocycles. The van der Waals surface area contributed by atoms with Gasteiger partial charge in [-0.15, -0.1) is 0 Å². The first kappa shape index (κ1) is 14.9. The van der Waals surface area contributed by atoms with Crippen LogP contribution in [0.1, 0.15) is 31.7 Å². The van der Waals surface area contributed by atoms with Crippen molar-refractivity contribution in [2.45, 2.75) is 32.2 Å². The molecule has 1 atom stereocenters. The van der Waals surface area contributed by atoms with Crippen LogP contribution in [0.5, 0.6) is 5.75 Å². The normalized spacial score (nSPS) is 18.6. The molecule has 108 valence electrons. The zero-order valence-corrected chi connectivity index (χ0v) is 12.3. The van der Waals surface area contributed by atoms with Crippen LogP contribution in [0.15, 0.2) is 24.3 Å². The molecule has 20 heavy (non-hydrogen) atoms. The summed E-state index contributed by atoms with van der Waals surface area (Å²) in [4.78, 5) is 2.54. The van der Waals surface area contributed by atoms with Gasteiger partial charge in [-0.2, -0.15) is 0 Å². The third-order valence-corrected chi connectivity index (χ3v) is 3.81. The van der Waals surface area contributed by atoms with Crippen LogP contribution in [-0.4, -0.2) is 37.2 Å². The SMILES string of the molecule is CCC1CCCN1CCOc1ccc(C#CCN)cc1. The molecule has 0 aromatic heterocycles. The predicted molar refractivity (Wildman–Crippen MR) is 82.8 cm³/mol. The van der Waals surface area contributed by atoms with Crippen molar-refractivity contribution in [1.82, 2.24) is 4.90 Å². The summed E-state index contributed by atoms with van der Waals surface area (Å²) in [5.41, 5.74) is 6.33. The van der Waals surface area contributed by atoms with Gasteiger partial charge in [0, 0.05) is 18.2 Å². The molecule has 1 saturated heterocycles. The Balaban J connectivity index is 1.76. The molecule has 3 nitrogen and oxygen atoms in total. The van der Waals surface area contributed by atoms with Crippen molar-refractivity contribution in [2.24, 2.45) is 5.73 Å². The number of ether oxygens (including phenoxy) is 1. The van der Waals surface area contributed by atoms with Crippen LogP contribution >= 0.6 is 0 Å². The van der Waals surface area contributed by atoms with Crippen LogP contribution in [0.4, 0.5) is 0 Å². The number of benzene rings is 1. The van der Waals surface area contributed by atoms with E-state index in [-0.39, 0.29) is 0 Å². The summed E-state index contributed by atoms with van der Waals surface area (Å²) in [7, 11) is 0. The number of nitrogens with two attached hydrogens (primary N) is 1. The monoisotopic (exact) mass is 272 g/mol. The highest BCUT2D eigenvalue weighted by Crippen LogP contribution is 2.19. The molecule has 1 aromatic rings. The molecule has 3 heteroatoms. The molecule has 0 bridgehead atoms. The molecule has 1 fully saturated rings. The lowest BCUT2D eigenvalue weighted by molar-refractivity contribution is 0.193. The van der Waals surface area contributed by atoms with Gasteiger partial charge >= 0.3 is 0 Å². The summed E-state index contributed by atoms with van der Waals surface area (Å²) in [6.07, 6.45) is 3.91. The highest BCUT2D eigenvalue weighted by atomic mass is 16.5. The average Bonchev–Trinajstić information content (AvgIpc) is 2.94. The summed E-state index contributed by atoms with van der Waals surface area (Å²) in [5.74, 6) is 6.77. The quantitative estimate of drug-likeness (QED) is 0.836. The standard InChI is InChI=1S/C17H24N2O/c1-2-16-6-4-12-19(16)13-14-20-17-9-7-15(8-10-17)5-3-11-18/h7-10,16H,2,4,6,11-14,18H2,1H3. The first-order valence-electron chi connectivity index (χ1n) is 7.49. The highest BCUT2D eigenvalue weighted by molar-refractivity contribution is 5.38. The van der Waals surface area contributed by atoms with Crippen LogP contribution in [0.3, 0.4) is 0 Å². The van der Waals surface area contributed by atoms with Crippen LogP contribution in [0.2, 0.25) is 0 Å². The molecule has 1 aliphatic rings. The van der Waals surface area contributed by atoms with E-state index in [1.807, 2.05) is 24.3 Å². The van der Waals surface area contributed by atoms with Crippen molar-refractivity contribution >= 4 is 0 Å². The van der Waals surface area contributed by atoms with E-state index < -0.39 is 0 Å². The Bertz CT molecular complexity index is 458. The van der Waals surface area contributed by atoms with Gasteiger partial charge in [0.2, 0.25) is 0 Å². The van der Waals surface area contributed by atoms with Crippen molar-refractivity contribution < 1.29 is 4.74 Å². The van der Waals surface area contributed by atoms with Crippen LogP contribution in [-0.2, 0) is 0 Å². The van der Waals surface area contributed by atoms with Gasteiger partial charge in [-0.3, -0.25) is 4.90 Å². The largest absolute Gasteiger partial charge is 0.492 e. The van der Waals surface area contributed by atoms with Gasteiger partial charge in [0.1, 0.15) is 12.4 Å². The molecular formula is C17H24N2O. The minimum Gasteiger partial charge on any atom is -0.492 e. The van der Waals surface area contributed by atoms with Crippen LogP contribution in [0.25, 0.3) is 0 Å². The van der Waals surface area contributed by atoms with E-state index in [1.54, 1.807) is 0 Å². The second-order valence-electron chi connectivity index (χ2n) is 5.12. The molecule has 1 heterocycles. The molecular weight excluding hydrogens is 248 g/mol. The summed E-state index contributed by atoms with van der Waals surface area (Å²) in [5, 5.41) is 0. The van der Waals surface area contributed by atoms with E-state index in [9.17, 15) is 0 Å². The molecule has 1 unspecified atom stereocenters. The lowest BCUT2D eigenvalue weighted by Gasteiger charge is -2.23. The van der Waals surface area contributed by atoms with Crippen molar-refractivity contribution in [1.29, 1.82) is 0 Å². The summed E-state index contributed by atoms with van der Waals surface area (Å²) in [6, 6.07) is 8.65. The third-order valence-electron chi connectivity index (χ3n) is 3.81. The first-order valence-corrected chi connectivity index (χ1v) is 7.49. The van der Waals surface area contributed by atoms with Crippen LogP contribution in [0, 0.1) is 11.8 Å². The molecule has 2 N–H and O–H groups in total. The van der Waals surface area contributed by atoms with Gasteiger partial charge in [-0.05, 0) is 50.1 Å². The van der Waals surface area contributed by atoms with Crippen molar-refractivity contribution in [2.75, 3.05) is 26.2 Å². The number of rotatable bonds is 5. The Morgan fingerprint density at radius 3 is 2.85 bits per heavy atom. The van der Waals surface area contributed by atoms with E-state index in [2.05, 4.69) is 23.7 Å². The van der Waals surface area contributed by atoms with E-state index in [4.69, 9.17) is 10.5 Å². The zero-order chi connectivity index (χ0) is 14.2. The minimum absolute atomic E-state index is 0.396. The lowest BCUT2D eigenvalue weighted by Crippen LogP contribution is -2.32. The Hall–Kier alpha value is -1.50. The maximum absolute atomic E-state index is 5.81. The van der Waals surface area contributed by atoms with Gasteiger partial charge in [-0.1, -0.05) is 18.8 Å². The summed E-state index contributed by atoms with van der Waals surface area (Å²) < 4.78 is 5.81. The topological polar surface area (TPSA) is 38.5 Å². The fourth-order valence-electron chi connectivity index (χ4n) is 2.72. The van der Waals surface area contributed by atoms with Crippen molar-refractivity contribution in [3.05, 3.63) is 29.8 Å². The van der Waals surface area contributed by atoms with E-state index in [1.165, 1.54) is 25.8 Å². The van der Waals surface area contributed by atoms with Gasteiger partial charge in [0.25, 0.3) is 0 Å². The fraction of sp³-hybridized carbons (Fsp3) is 0.529. The molecule has 2 rings (SSSR count). The number of likely N-dealkylation sites (tertiary alicyclic amines) is 1. The maximum Gasteiger partial charge on any atom is 0.119 e. The van der Waals surface area contributed by atoms with Gasteiger partial charge in [0.15, 0.2) is 0 Å². The summed E-state index contributed by atoms with van der Waals surface area (Å²) >= 11 is 0. The molecule has 0 radical (unpaired) electrons. The Kier molecular flexibility index (Phi) is 5.91. The van der Waals surface area contributed by atoms with E-state index in [0.717, 1.165) is 30.5 Å². The Morgan fingerprint density at radius 2 is 2.15 bits per heavy atom.